The van der Waals surface area contributed by atoms with Crippen molar-refractivity contribution in [2.75, 3.05) is 5.32 Å². The summed E-state index contributed by atoms with van der Waals surface area (Å²) in [4.78, 5) is 35.0. The van der Waals surface area contributed by atoms with Crippen LogP contribution < -0.4 is 10.6 Å². The summed E-state index contributed by atoms with van der Waals surface area (Å²) in [7, 11) is 0. The van der Waals surface area contributed by atoms with Gasteiger partial charge in [-0.05, 0) is 37.0 Å². The van der Waals surface area contributed by atoms with E-state index in [9.17, 15) is 14.4 Å². The SMILES string of the molecule is CC(C)C(NC(=O)c1cccc(NC(=O)C2CC2)c1)C(=O)O. The van der Waals surface area contributed by atoms with Gasteiger partial charge in [0.2, 0.25) is 5.91 Å². The van der Waals surface area contributed by atoms with Gasteiger partial charge in [0.1, 0.15) is 6.04 Å². The lowest BCUT2D eigenvalue weighted by Gasteiger charge is -2.18. The summed E-state index contributed by atoms with van der Waals surface area (Å²) in [5.41, 5.74) is 0.862. The van der Waals surface area contributed by atoms with Crippen molar-refractivity contribution in [3.05, 3.63) is 29.8 Å². The molecule has 22 heavy (non-hydrogen) atoms. The zero-order valence-corrected chi connectivity index (χ0v) is 12.6. The van der Waals surface area contributed by atoms with E-state index in [1.807, 2.05) is 0 Å². The Hall–Kier alpha value is -2.37. The first kappa shape index (κ1) is 16.0. The Kier molecular flexibility index (Phi) is 4.80. The molecule has 3 N–H and O–H groups in total. The number of hydrogen-bond acceptors (Lipinski definition) is 3. The number of benzene rings is 1. The van der Waals surface area contributed by atoms with Gasteiger partial charge in [0, 0.05) is 17.2 Å². The number of hydrogen-bond donors (Lipinski definition) is 3. The molecular weight excluding hydrogens is 284 g/mol. The van der Waals surface area contributed by atoms with Crippen LogP contribution in [0.4, 0.5) is 5.69 Å². The molecule has 1 aliphatic carbocycles. The van der Waals surface area contributed by atoms with Crippen LogP contribution in [-0.4, -0.2) is 28.9 Å². The molecule has 2 amide bonds. The van der Waals surface area contributed by atoms with Gasteiger partial charge in [0.15, 0.2) is 0 Å². The molecule has 0 saturated heterocycles. The second-order valence-electron chi connectivity index (χ2n) is 5.88. The van der Waals surface area contributed by atoms with Crippen molar-refractivity contribution in [3.63, 3.8) is 0 Å². The summed E-state index contributed by atoms with van der Waals surface area (Å²) in [6.45, 7) is 3.46. The van der Waals surface area contributed by atoms with Crippen LogP contribution in [0.1, 0.15) is 37.0 Å². The summed E-state index contributed by atoms with van der Waals surface area (Å²) in [6.07, 6.45) is 1.81. The molecule has 6 nitrogen and oxygen atoms in total. The molecule has 0 radical (unpaired) electrons. The molecule has 6 heteroatoms. The third-order valence-electron chi connectivity index (χ3n) is 3.56. The number of carbonyl (C=O) groups excluding carboxylic acids is 2. The van der Waals surface area contributed by atoms with Crippen LogP contribution in [0.15, 0.2) is 24.3 Å². The fourth-order valence-electron chi connectivity index (χ4n) is 2.07. The molecule has 0 spiro atoms. The Balaban J connectivity index is 2.05. The molecule has 0 aromatic heterocycles. The highest BCUT2D eigenvalue weighted by molar-refractivity contribution is 5.99. The first-order valence-corrected chi connectivity index (χ1v) is 7.33. The molecule has 0 heterocycles. The molecule has 2 rings (SSSR count). The fourth-order valence-corrected chi connectivity index (χ4v) is 2.07. The van der Waals surface area contributed by atoms with E-state index in [1.54, 1.807) is 38.1 Å². The molecule has 0 bridgehead atoms. The molecule has 1 atom stereocenters. The number of carbonyl (C=O) groups is 3. The lowest BCUT2D eigenvalue weighted by Crippen LogP contribution is -2.44. The first-order valence-electron chi connectivity index (χ1n) is 7.33. The maximum atomic E-state index is 12.2. The molecule has 118 valence electrons. The molecule has 1 aromatic rings. The number of anilines is 1. The lowest BCUT2D eigenvalue weighted by molar-refractivity contribution is -0.140. The van der Waals surface area contributed by atoms with E-state index in [4.69, 9.17) is 5.11 Å². The van der Waals surface area contributed by atoms with Crippen LogP contribution in [-0.2, 0) is 9.59 Å². The van der Waals surface area contributed by atoms with E-state index >= 15 is 0 Å². The average Bonchev–Trinajstić information content (AvgIpc) is 3.28. The zero-order chi connectivity index (χ0) is 16.3. The maximum Gasteiger partial charge on any atom is 0.326 e. The van der Waals surface area contributed by atoms with Crippen molar-refractivity contribution in [1.82, 2.24) is 5.32 Å². The Morgan fingerprint density at radius 1 is 1.23 bits per heavy atom. The number of amides is 2. The summed E-state index contributed by atoms with van der Waals surface area (Å²) in [5.74, 6) is -1.72. The quantitative estimate of drug-likeness (QED) is 0.747. The largest absolute Gasteiger partial charge is 0.480 e. The van der Waals surface area contributed by atoms with Crippen molar-refractivity contribution < 1.29 is 19.5 Å². The molecule has 0 aliphatic heterocycles. The molecule has 1 fully saturated rings. The van der Waals surface area contributed by atoms with Crippen LogP contribution in [0.25, 0.3) is 0 Å². The van der Waals surface area contributed by atoms with E-state index in [0.29, 0.717) is 11.3 Å². The third kappa shape index (κ3) is 4.07. The van der Waals surface area contributed by atoms with Crippen molar-refractivity contribution >= 4 is 23.5 Å². The molecule has 1 unspecified atom stereocenters. The summed E-state index contributed by atoms with van der Waals surface area (Å²) in [6, 6.07) is 5.55. The standard InChI is InChI=1S/C16H20N2O4/c1-9(2)13(16(21)22)18-15(20)11-4-3-5-12(8-11)17-14(19)10-6-7-10/h3-5,8-10,13H,6-7H2,1-2H3,(H,17,19)(H,18,20)(H,21,22). The van der Waals surface area contributed by atoms with E-state index in [-0.39, 0.29) is 17.7 Å². The van der Waals surface area contributed by atoms with E-state index in [0.717, 1.165) is 12.8 Å². The summed E-state index contributed by atoms with van der Waals surface area (Å²) < 4.78 is 0. The smallest absolute Gasteiger partial charge is 0.326 e. The van der Waals surface area contributed by atoms with Crippen LogP contribution in [0.5, 0.6) is 0 Å². The van der Waals surface area contributed by atoms with Gasteiger partial charge in [0.25, 0.3) is 5.91 Å². The highest BCUT2D eigenvalue weighted by Gasteiger charge is 2.29. The molecule has 1 saturated carbocycles. The predicted molar refractivity (Wildman–Crippen MR) is 81.5 cm³/mol. The van der Waals surface area contributed by atoms with Crippen LogP contribution in [0.2, 0.25) is 0 Å². The Labute approximate surface area is 128 Å². The Bertz CT molecular complexity index is 594. The number of carboxylic acid groups (broad SMARTS) is 1. The number of aliphatic carboxylic acids is 1. The van der Waals surface area contributed by atoms with Crippen LogP contribution >= 0.6 is 0 Å². The second kappa shape index (κ2) is 6.60. The summed E-state index contributed by atoms with van der Waals surface area (Å²) >= 11 is 0. The maximum absolute atomic E-state index is 12.2. The minimum absolute atomic E-state index is 0.0387. The van der Waals surface area contributed by atoms with Gasteiger partial charge in [-0.1, -0.05) is 19.9 Å². The van der Waals surface area contributed by atoms with Crippen molar-refractivity contribution in [2.24, 2.45) is 11.8 Å². The number of rotatable bonds is 6. The van der Waals surface area contributed by atoms with E-state index in [2.05, 4.69) is 10.6 Å². The number of nitrogens with one attached hydrogen (secondary N) is 2. The highest BCUT2D eigenvalue weighted by Crippen LogP contribution is 2.30. The van der Waals surface area contributed by atoms with Crippen LogP contribution in [0.3, 0.4) is 0 Å². The minimum Gasteiger partial charge on any atom is -0.480 e. The number of carboxylic acids is 1. The topological polar surface area (TPSA) is 95.5 Å². The van der Waals surface area contributed by atoms with Gasteiger partial charge in [0.05, 0.1) is 0 Å². The Morgan fingerprint density at radius 3 is 2.45 bits per heavy atom. The third-order valence-corrected chi connectivity index (χ3v) is 3.56. The second-order valence-corrected chi connectivity index (χ2v) is 5.88. The first-order chi connectivity index (χ1) is 10.4. The minimum atomic E-state index is -1.07. The zero-order valence-electron chi connectivity index (χ0n) is 12.6. The summed E-state index contributed by atoms with van der Waals surface area (Å²) in [5, 5.41) is 14.4. The van der Waals surface area contributed by atoms with Gasteiger partial charge in [-0.3, -0.25) is 9.59 Å². The van der Waals surface area contributed by atoms with Gasteiger partial charge in [-0.25, -0.2) is 4.79 Å². The van der Waals surface area contributed by atoms with E-state index < -0.39 is 17.9 Å². The van der Waals surface area contributed by atoms with Gasteiger partial charge >= 0.3 is 5.97 Å². The lowest BCUT2D eigenvalue weighted by atomic mass is 10.0. The molecular formula is C16H20N2O4. The van der Waals surface area contributed by atoms with Crippen molar-refractivity contribution in [1.29, 1.82) is 0 Å². The van der Waals surface area contributed by atoms with Crippen molar-refractivity contribution in [2.45, 2.75) is 32.7 Å². The van der Waals surface area contributed by atoms with Crippen LogP contribution in [0, 0.1) is 11.8 Å². The molecule has 1 aromatic carbocycles. The molecule has 1 aliphatic rings. The highest BCUT2D eigenvalue weighted by atomic mass is 16.4. The van der Waals surface area contributed by atoms with Gasteiger partial charge < -0.3 is 15.7 Å². The van der Waals surface area contributed by atoms with E-state index in [1.165, 1.54) is 0 Å². The monoisotopic (exact) mass is 304 g/mol. The predicted octanol–water partition coefficient (Wildman–Crippen LogP) is 1.87. The van der Waals surface area contributed by atoms with Gasteiger partial charge in [-0.2, -0.15) is 0 Å². The van der Waals surface area contributed by atoms with Crippen molar-refractivity contribution in [3.8, 4) is 0 Å². The average molecular weight is 304 g/mol. The van der Waals surface area contributed by atoms with Gasteiger partial charge in [-0.15, -0.1) is 0 Å². The Morgan fingerprint density at radius 2 is 1.91 bits per heavy atom. The fraction of sp³-hybridized carbons (Fsp3) is 0.438. The normalized spacial score (nSPS) is 15.2.